The molecule has 0 bridgehead atoms. The average Bonchev–Trinajstić information content (AvgIpc) is 2.77. The summed E-state index contributed by atoms with van der Waals surface area (Å²) in [4.78, 5) is 34.3. The van der Waals surface area contributed by atoms with E-state index in [0.29, 0.717) is 53.7 Å². The molecule has 7 nitrogen and oxygen atoms in total. The molecule has 2 heterocycles. The molecular formula is C23H23FN4O3. The number of anilines is 1. The zero-order valence-electron chi connectivity index (χ0n) is 17.2. The summed E-state index contributed by atoms with van der Waals surface area (Å²) in [7, 11) is 0. The van der Waals surface area contributed by atoms with Crippen molar-refractivity contribution in [3.05, 3.63) is 87.3 Å². The lowest BCUT2D eigenvalue weighted by atomic mass is 10.1. The van der Waals surface area contributed by atoms with Gasteiger partial charge in [-0.2, -0.15) is 0 Å². The molecular weight excluding hydrogens is 399 g/mol. The SMILES string of the molecule is CCOc1ccccc1NC(=O)N1CCc2nc(Cc3ccccc3F)[nH]c(=O)c2C1. The van der Waals surface area contributed by atoms with Crippen molar-refractivity contribution in [2.75, 3.05) is 18.5 Å². The van der Waals surface area contributed by atoms with Gasteiger partial charge in [0.1, 0.15) is 17.4 Å². The molecule has 4 rings (SSSR count). The lowest BCUT2D eigenvalue weighted by Gasteiger charge is -2.28. The summed E-state index contributed by atoms with van der Waals surface area (Å²) in [6.45, 7) is 2.94. The van der Waals surface area contributed by atoms with Crippen molar-refractivity contribution in [2.24, 2.45) is 0 Å². The van der Waals surface area contributed by atoms with Gasteiger partial charge in [-0.1, -0.05) is 30.3 Å². The number of aromatic amines is 1. The predicted octanol–water partition coefficient (Wildman–Crippen LogP) is 3.49. The lowest BCUT2D eigenvalue weighted by Crippen LogP contribution is -2.42. The van der Waals surface area contributed by atoms with Gasteiger partial charge in [0, 0.05) is 19.4 Å². The lowest BCUT2D eigenvalue weighted by molar-refractivity contribution is 0.205. The van der Waals surface area contributed by atoms with E-state index >= 15 is 0 Å². The molecule has 8 heteroatoms. The van der Waals surface area contributed by atoms with E-state index < -0.39 is 0 Å². The highest BCUT2D eigenvalue weighted by molar-refractivity contribution is 5.91. The van der Waals surface area contributed by atoms with Gasteiger partial charge in [-0.05, 0) is 30.7 Å². The molecule has 0 saturated heterocycles. The fraction of sp³-hybridized carbons (Fsp3) is 0.261. The molecule has 0 aliphatic carbocycles. The number of hydrogen-bond donors (Lipinski definition) is 2. The van der Waals surface area contributed by atoms with Crippen LogP contribution in [0.2, 0.25) is 0 Å². The zero-order valence-corrected chi connectivity index (χ0v) is 17.2. The van der Waals surface area contributed by atoms with E-state index in [0.717, 1.165) is 0 Å². The number of fused-ring (bicyclic) bond motifs is 1. The van der Waals surface area contributed by atoms with Gasteiger partial charge in [0.05, 0.1) is 30.1 Å². The Balaban J connectivity index is 1.49. The summed E-state index contributed by atoms with van der Waals surface area (Å²) in [5.74, 6) is 0.670. The Kier molecular flexibility index (Phi) is 5.97. The normalized spacial score (nSPS) is 12.9. The molecule has 0 saturated carbocycles. The Morgan fingerprint density at radius 3 is 2.81 bits per heavy atom. The number of rotatable bonds is 5. The topological polar surface area (TPSA) is 87.3 Å². The Morgan fingerprint density at radius 2 is 2.00 bits per heavy atom. The smallest absolute Gasteiger partial charge is 0.322 e. The van der Waals surface area contributed by atoms with Crippen LogP contribution in [0.1, 0.15) is 29.6 Å². The second-order valence-electron chi connectivity index (χ2n) is 7.24. The van der Waals surface area contributed by atoms with Gasteiger partial charge in [-0.3, -0.25) is 4.79 Å². The summed E-state index contributed by atoms with van der Waals surface area (Å²) in [5, 5.41) is 2.85. The van der Waals surface area contributed by atoms with Crippen LogP contribution < -0.4 is 15.6 Å². The maximum absolute atomic E-state index is 13.9. The summed E-state index contributed by atoms with van der Waals surface area (Å²) >= 11 is 0. The second kappa shape index (κ2) is 8.99. The van der Waals surface area contributed by atoms with Crippen molar-refractivity contribution in [1.82, 2.24) is 14.9 Å². The van der Waals surface area contributed by atoms with Crippen molar-refractivity contribution < 1.29 is 13.9 Å². The van der Waals surface area contributed by atoms with E-state index in [2.05, 4.69) is 15.3 Å². The fourth-order valence-electron chi connectivity index (χ4n) is 3.60. The van der Waals surface area contributed by atoms with Crippen LogP contribution in [0.15, 0.2) is 53.3 Å². The van der Waals surface area contributed by atoms with Crippen LogP contribution in [-0.2, 0) is 19.4 Å². The molecule has 2 N–H and O–H groups in total. The van der Waals surface area contributed by atoms with Crippen LogP contribution in [-0.4, -0.2) is 34.1 Å². The van der Waals surface area contributed by atoms with Crippen LogP contribution in [0.5, 0.6) is 5.75 Å². The van der Waals surface area contributed by atoms with Crippen molar-refractivity contribution in [3.8, 4) is 5.75 Å². The fourth-order valence-corrected chi connectivity index (χ4v) is 3.60. The maximum Gasteiger partial charge on any atom is 0.322 e. The number of carbonyl (C=O) groups is 1. The summed E-state index contributed by atoms with van der Waals surface area (Å²) in [5.41, 5.74) is 1.84. The van der Waals surface area contributed by atoms with Crippen LogP contribution in [0.25, 0.3) is 0 Å². The third-order valence-corrected chi connectivity index (χ3v) is 5.15. The summed E-state index contributed by atoms with van der Waals surface area (Å²) < 4.78 is 19.5. The van der Waals surface area contributed by atoms with Gasteiger partial charge in [-0.15, -0.1) is 0 Å². The highest BCUT2D eigenvalue weighted by Gasteiger charge is 2.25. The Hall–Kier alpha value is -3.68. The van der Waals surface area contributed by atoms with Gasteiger partial charge < -0.3 is 19.9 Å². The number of hydrogen-bond acceptors (Lipinski definition) is 4. The summed E-state index contributed by atoms with van der Waals surface area (Å²) in [6, 6.07) is 13.3. The average molecular weight is 422 g/mol. The molecule has 0 spiro atoms. The maximum atomic E-state index is 13.9. The summed E-state index contributed by atoms with van der Waals surface area (Å²) in [6.07, 6.45) is 0.650. The largest absolute Gasteiger partial charge is 0.492 e. The molecule has 0 fully saturated rings. The number of para-hydroxylation sites is 2. The molecule has 0 radical (unpaired) electrons. The zero-order chi connectivity index (χ0) is 21.8. The monoisotopic (exact) mass is 422 g/mol. The first-order valence-electron chi connectivity index (χ1n) is 10.2. The number of ether oxygens (including phenoxy) is 1. The molecule has 31 heavy (non-hydrogen) atoms. The minimum Gasteiger partial charge on any atom is -0.492 e. The number of nitrogens with zero attached hydrogens (tertiary/aromatic N) is 2. The van der Waals surface area contributed by atoms with Gasteiger partial charge in [0.2, 0.25) is 0 Å². The molecule has 2 aromatic carbocycles. The quantitative estimate of drug-likeness (QED) is 0.659. The van der Waals surface area contributed by atoms with Crippen LogP contribution >= 0.6 is 0 Å². The Morgan fingerprint density at radius 1 is 1.23 bits per heavy atom. The standard InChI is InChI=1S/C23H23FN4O3/c1-2-31-20-10-6-5-9-19(20)26-23(30)28-12-11-18-16(14-28)22(29)27-21(25-18)13-15-7-3-4-8-17(15)24/h3-10H,2,11-14H2,1H3,(H,26,30)(H,25,27,29). The molecule has 1 aliphatic heterocycles. The first-order chi connectivity index (χ1) is 15.0. The third kappa shape index (κ3) is 4.58. The van der Waals surface area contributed by atoms with Gasteiger partial charge >= 0.3 is 6.03 Å². The first kappa shape index (κ1) is 20.6. The highest BCUT2D eigenvalue weighted by atomic mass is 19.1. The minimum atomic E-state index is -0.335. The van der Waals surface area contributed by atoms with Gasteiger partial charge in [-0.25, -0.2) is 14.2 Å². The van der Waals surface area contributed by atoms with Crippen LogP contribution in [0.4, 0.5) is 14.9 Å². The highest BCUT2D eigenvalue weighted by Crippen LogP contribution is 2.25. The number of nitrogens with one attached hydrogen (secondary N) is 2. The van der Waals surface area contributed by atoms with Crippen molar-refractivity contribution in [2.45, 2.75) is 26.3 Å². The van der Waals surface area contributed by atoms with E-state index in [1.54, 1.807) is 35.2 Å². The van der Waals surface area contributed by atoms with Crippen molar-refractivity contribution in [1.29, 1.82) is 0 Å². The Bertz CT molecular complexity index is 1160. The molecule has 1 aliphatic rings. The van der Waals surface area contributed by atoms with Crippen molar-refractivity contribution >= 4 is 11.7 Å². The van der Waals surface area contributed by atoms with E-state index in [1.165, 1.54) is 6.07 Å². The molecule has 0 unspecified atom stereocenters. The molecule has 3 aromatic rings. The molecule has 160 valence electrons. The van der Waals surface area contributed by atoms with Crippen LogP contribution in [0.3, 0.4) is 0 Å². The van der Waals surface area contributed by atoms with E-state index in [9.17, 15) is 14.0 Å². The third-order valence-electron chi connectivity index (χ3n) is 5.15. The minimum absolute atomic E-state index is 0.153. The number of halogens is 1. The number of amides is 2. The Labute approximate surface area is 178 Å². The van der Waals surface area contributed by atoms with E-state index in [4.69, 9.17) is 4.74 Å². The number of aromatic nitrogens is 2. The van der Waals surface area contributed by atoms with E-state index in [-0.39, 0.29) is 30.4 Å². The van der Waals surface area contributed by atoms with Gasteiger partial charge in [0.15, 0.2) is 0 Å². The van der Waals surface area contributed by atoms with Crippen LogP contribution in [0, 0.1) is 5.82 Å². The number of urea groups is 1. The molecule has 1 aromatic heterocycles. The predicted molar refractivity (Wildman–Crippen MR) is 115 cm³/mol. The van der Waals surface area contributed by atoms with Crippen molar-refractivity contribution in [3.63, 3.8) is 0 Å². The van der Waals surface area contributed by atoms with E-state index in [1.807, 2.05) is 19.1 Å². The number of H-pyrrole nitrogens is 1. The number of benzene rings is 2. The number of carbonyl (C=O) groups excluding carboxylic acids is 1. The molecule has 0 atom stereocenters. The first-order valence-corrected chi connectivity index (χ1v) is 10.2. The second-order valence-corrected chi connectivity index (χ2v) is 7.24. The molecule has 2 amide bonds. The van der Waals surface area contributed by atoms with Gasteiger partial charge in [0.25, 0.3) is 5.56 Å².